The molecule has 82 valence electrons. The number of rotatable bonds is 1. The molecule has 0 fully saturated rings. The van der Waals surface area contributed by atoms with Gasteiger partial charge in [0.2, 0.25) is 0 Å². The Kier molecular flexibility index (Phi) is 2.17. The first-order valence-electron chi connectivity index (χ1n) is 5.28. The normalized spacial score (nSPS) is 14.1. The van der Waals surface area contributed by atoms with Crippen molar-refractivity contribution in [3.8, 4) is 11.4 Å². The largest absolute Gasteiger partial charge is 0.275 e. The SMILES string of the molecule is Cn1cc(-c2nc(Cl)c3c(n2)CCC3)cn1. The van der Waals surface area contributed by atoms with Crippen LogP contribution in [0.25, 0.3) is 11.4 Å². The standard InChI is InChI=1S/C11H11ClN4/c1-16-6-7(5-13-16)11-14-9-4-2-3-8(9)10(12)15-11/h5-6H,2-4H2,1H3. The molecular weight excluding hydrogens is 224 g/mol. The van der Waals surface area contributed by atoms with Crippen LogP contribution in [0.1, 0.15) is 17.7 Å². The zero-order chi connectivity index (χ0) is 11.1. The van der Waals surface area contributed by atoms with Crippen molar-refractivity contribution in [1.82, 2.24) is 19.7 Å². The molecule has 0 atom stereocenters. The predicted octanol–water partition coefficient (Wildman–Crippen LogP) is 2.02. The summed E-state index contributed by atoms with van der Waals surface area (Å²) in [5.41, 5.74) is 3.13. The van der Waals surface area contributed by atoms with Gasteiger partial charge in [-0.1, -0.05) is 11.6 Å². The van der Waals surface area contributed by atoms with Gasteiger partial charge < -0.3 is 0 Å². The van der Waals surface area contributed by atoms with Crippen molar-refractivity contribution < 1.29 is 0 Å². The van der Waals surface area contributed by atoms with Crippen molar-refractivity contribution >= 4 is 11.6 Å². The fraction of sp³-hybridized carbons (Fsp3) is 0.364. The highest BCUT2D eigenvalue weighted by molar-refractivity contribution is 6.30. The number of aromatic nitrogens is 4. The molecule has 2 aromatic rings. The molecule has 3 rings (SSSR count). The van der Waals surface area contributed by atoms with Gasteiger partial charge in [0.15, 0.2) is 5.82 Å². The topological polar surface area (TPSA) is 43.6 Å². The van der Waals surface area contributed by atoms with Crippen LogP contribution in [0, 0.1) is 0 Å². The Labute approximate surface area is 98.3 Å². The van der Waals surface area contributed by atoms with Crippen LogP contribution in [0.5, 0.6) is 0 Å². The highest BCUT2D eigenvalue weighted by atomic mass is 35.5. The summed E-state index contributed by atoms with van der Waals surface area (Å²) in [5, 5.41) is 4.71. The first-order chi connectivity index (χ1) is 7.74. The van der Waals surface area contributed by atoms with Gasteiger partial charge in [-0.25, -0.2) is 9.97 Å². The molecular formula is C11H11ClN4. The first kappa shape index (κ1) is 9.78. The molecule has 0 amide bonds. The van der Waals surface area contributed by atoms with E-state index in [0.29, 0.717) is 11.0 Å². The van der Waals surface area contributed by atoms with Crippen molar-refractivity contribution in [2.24, 2.45) is 7.05 Å². The second kappa shape index (κ2) is 3.56. The smallest absolute Gasteiger partial charge is 0.164 e. The molecule has 0 spiro atoms. The van der Waals surface area contributed by atoms with Crippen LogP contribution in [-0.2, 0) is 19.9 Å². The highest BCUT2D eigenvalue weighted by Gasteiger charge is 2.19. The third-order valence-electron chi connectivity index (χ3n) is 2.85. The van der Waals surface area contributed by atoms with E-state index >= 15 is 0 Å². The minimum Gasteiger partial charge on any atom is -0.275 e. The van der Waals surface area contributed by atoms with Gasteiger partial charge in [0.1, 0.15) is 5.15 Å². The van der Waals surface area contributed by atoms with Crippen molar-refractivity contribution in [3.63, 3.8) is 0 Å². The molecule has 5 heteroatoms. The first-order valence-corrected chi connectivity index (χ1v) is 5.66. The summed E-state index contributed by atoms with van der Waals surface area (Å²) in [5.74, 6) is 0.679. The van der Waals surface area contributed by atoms with Gasteiger partial charge in [0.05, 0.1) is 11.8 Å². The number of aryl methyl sites for hydroxylation is 2. The summed E-state index contributed by atoms with van der Waals surface area (Å²) in [6.07, 6.45) is 6.78. The minimum absolute atomic E-state index is 0.598. The molecule has 2 aromatic heterocycles. The van der Waals surface area contributed by atoms with E-state index < -0.39 is 0 Å². The molecule has 0 radical (unpaired) electrons. The average Bonchev–Trinajstić information content (AvgIpc) is 2.85. The van der Waals surface area contributed by atoms with E-state index in [-0.39, 0.29) is 0 Å². The Morgan fingerprint density at radius 2 is 2.19 bits per heavy atom. The molecule has 1 aliphatic carbocycles. The third kappa shape index (κ3) is 1.50. The summed E-state index contributed by atoms with van der Waals surface area (Å²) in [7, 11) is 1.87. The second-order valence-corrected chi connectivity index (χ2v) is 4.38. The highest BCUT2D eigenvalue weighted by Crippen LogP contribution is 2.28. The number of hydrogen-bond donors (Lipinski definition) is 0. The third-order valence-corrected chi connectivity index (χ3v) is 3.16. The van der Waals surface area contributed by atoms with Crippen LogP contribution < -0.4 is 0 Å². The zero-order valence-corrected chi connectivity index (χ0v) is 9.70. The molecule has 0 saturated carbocycles. The van der Waals surface area contributed by atoms with Gasteiger partial charge in [-0.15, -0.1) is 0 Å². The van der Waals surface area contributed by atoms with Gasteiger partial charge in [-0.05, 0) is 19.3 Å². The van der Waals surface area contributed by atoms with Crippen molar-refractivity contribution in [3.05, 3.63) is 28.8 Å². The summed E-state index contributed by atoms with van der Waals surface area (Å²) in [4.78, 5) is 8.88. The van der Waals surface area contributed by atoms with E-state index in [1.54, 1.807) is 10.9 Å². The quantitative estimate of drug-likeness (QED) is 0.709. The number of halogens is 1. The molecule has 0 aliphatic heterocycles. The van der Waals surface area contributed by atoms with E-state index in [4.69, 9.17) is 11.6 Å². The number of hydrogen-bond acceptors (Lipinski definition) is 3. The van der Waals surface area contributed by atoms with Gasteiger partial charge in [0, 0.05) is 24.5 Å². The van der Waals surface area contributed by atoms with Crippen LogP contribution in [0.15, 0.2) is 12.4 Å². The van der Waals surface area contributed by atoms with Crippen molar-refractivity contribution in [2.75, 3.05) is 0 Å². The fourth-order valence-corrected chi connectivity index (χ4v) is 2.34. The molecule has 0 N–H and O–H groups in total. The summed E-state index contributed by atoms with van der Waals surface area (Å²) >= 11 is 6.15. The lowest BCUT2D eigenvalue weighted by Crippen LogP contribution is -1.96. The molecule has 16 heavy (non-hydrogen) atoms. The van der Waals surface area contributed by atoms with E-state index in [9.17, 15) is 0 Å². The Bertz CT molecular complexity index is 547. The maximum Gasteiger partial charge on any atom is 0.164 e. The van der Waals surface area contributed by atoms with Gasteiger partial charge in [-0.2, -0.15) is 5.10 Å². The number of fused-ring (bicyclic) bond motifs is 1. The summed E-state index contributed by atoms with van der Waals surface area (Å²) in [6.45, 7) is 0. The van der Waals surface area contributed by atoms with Gasteiger partial charge in [0.25, 0.3) is 0 Å². The van der Waals surface area contributed by atoms with E-state index in [1.165, 1.54) is 0 Å². The predicted molar refractivity (Wildman–Crippen MR) is 61.3 cm³/mol. The Balaban J connectivity index is 2.12. The average molecular weight is 235 g/mol. The molecule has 0 bridgehead atoms. The molecule has 0 saturated heterocycles. The van der Waals surface area contributed by atoms with Gasteiger partial charge in [-0.3, -0.25) is 4.68 Å². The Hall–Kier alpha value is -1.42. The van der Waals surface area contributed by atoms with Crippen LogP contribution in [0.3, 0.4) is 0 Å². The Morgan fingerprint density at radius 3 is 2.94 bits per heavy atom. The lowest BCUT2D eigenvalue weighted by Gasteiger charge is -2.03. The second-order valence-electron chi connectivity index (χ2n) is 4.02. The summed E-state index contributed by atoms with van der Waals surface area (Å²) in [6, 6.07) is 0. The van der Waals surface area contributed by atoms with E-state index in [1.807, 2.05) is 13.2 Å². The lowest BCUT2D eigenvalue weighted by atomic mass is 10.2. The number of nitrogens with zero attached hydrogens (tertiary/aromatic N) is 4. The maximum atomic E-state index is 6.15. The molecule has 1 aliphatic rings. The van der Waals surface area contributed by atoms with Crippen molar-refractivity contribution in [2.45, 2.75) is 19.3 Å². The van der Waals surface area contributed by atoms with E-state index in [0.717, 1.165) is 36.1 Å². The lowest BCUT2D eigenvalue weighted by molar-refractivity contribution is 0.768. The minimum atomic E-state index is 0.598. The maximum absolute atomic E-state index is 6.15. The van der Waals surface area contributed by atoms with Crippen LogP contribution in [0.4, 0.5) is 0 Å². The van der Waals surface area contributed by atoms with Crippen molar-refractivity contribution in [1.29, 1.82) is 0 Å². The van der Waals surface area contributed by atoms with Crippen LogP contribution in [-0.4, -0.2) is 19.7 Å². The monoisotopic (exact) mass is 234 g/mol. The van der Waals surface area contributed by atoms with Crippen LogP contribution >= 0.6 is 11.6 Å². The molecule has 0 aromatic carbocycles. The Morgan fingerprint density at radius 1 is 1.31 bits per heavy atom. The van der Waals surface area contributed by atoms with E-state index in [2.05, 4.69) is 15.1 Å². The molecule has 2 heterocycles. The fourth-order valence-electron chi connectivity index (χ4n) is 2.05. The summed E-state index contributed by atoms with van der Waals surface area (Å²) < 4.78 is 1.74. The molecule has 0 unspecified atom stereocenters. The van der Waals surface area contributed by atoms with Crippen LogP contribution in [0.2, 0.25) is 5.15 Å². The van der Waals surface area contributed by atoms with Gasteiger partial charge >= 0.3 is 0 Å². The molecule has 4 nitrogen and oxygen atoms in total. The zero-order valence-electron chi connectivity index (χ0n) is 8.94.